The van der Waals surface area contributed by atoms with E-state index in [1.165, 1.54) is 6.07 Å². The highest BCUT2D eigenvalue weighted by molar-refractivity contribution is 5.99. The van der Waals surface area contributed by atoms with Crippen molar-refractivity contribution in [3.8, 4) is 17.1 Å². The number of rotatable bonds is 6. The quantitative estimate of drug-likeness (QED) is 0.386. The summed E-state index contributed by atoms with van der Waals surface area (Å²) >= 11 is 0. The molecule has 170 valence electrons. The second kappa shape index (κ2) is 10.2. The van der Waals surface area contributed by atoms with Crippen LogP contribution in [-0.4, -0.2) is 32.5 Å². The van der Waals surface area contributed by atoms with Crippen molar-refractivity contribution in [2.24, 2.45) is 0 Å². The Morgan fingerprint density at radius 3 is 2.21 bits per heavy atom. The first-order chi connectivity index (χ1) is 16.5. The molecular formula is C25H22N6O3. The summed E-state index contributed by atoms with van der Waals surface area (Å²) in [4.78, 5) is 41.2. The van der Waals surface area contributed by atoms with Gasteiger partial charge in [-0.25, -0.2) is 9.67 Å². The van der Waals surface area contributed by atoms with Crippen molar-refractivity contribution in [2.75, 3.05) is 5.32 Å². The number of nitrogens with zero attached hydrogens (tertiary/aromatic N) is 3. The highest BCUT2D eigenvalue weighted by atomic mass is 16.2. The fraction of sp³-hybridized carbons (Fsp3) is 0.0800. The Bertz CT molecular complexity index is 1260. The molecule has 3 amide bonds. The van der Waals surface area contributed by atoms with Crippen LogP contribution < -0.4 is 16.2 Å². The maximum atomic E-state index is 12.7. The number of para-hydroxylation sites is 1. The number of hydrogen-bond donors (Lipinski definition) is 3. The number of benzene rings is 3. The Labute approximate surface area is 195 Å². The minimum absolute atomic E-state index is 0.105. The third-order valence-electron chi connectivity index (χ3n) is 4.86. The zero-order valence-electron chi connectivity index (χ0n) is 18.4. The van der Waals surface area contributed by atoms with Crippen LogP contribution in [0.3, 0.4) is 0 Å². The lowest BCUT2D eigenvalue weighted by molar-refractivity contribution is -0.115. The molecule has 9 nitrogen and oxygen atoms in total. The molecule has 0 saturated carbocycles. The Hall–Kier alpha value is -4.79. The molecule has 0 radical (unpaired) electrons. The minimum atomic E-state index is -0.671. The van der Waals surface area contributed by atoms with Gasteiger partial charge in [-0.2, -0.15) is 0 Å². The molecule has 0 saturated heterocycles. The molecule has 0 unspecified atom stereocenters. The molecule has 0 spiro atoms. The topological polar surface area (TPSA) is 118 Å². The number of nitrogens with one attached hydrogen (secondary N) is 3. The summed E-state index contributed by atoms with van der Waals surface area (Å²) in [6.07, 6.45) is 0.320. The van der Waals surface area contributed by atoms with E-state index in [0.717, 1.165) is 11.3 Å². The predicted molar refractivity (Wildman–Crippen MR) is 127 cm³/mol. The van der Waals surface area contributed by atoms with E-state index in [9.17, 15) is 14.4 Å². The number of aromatic nitrogens is 3. The highest BCUT2D eigenvalue weighted by Gasteiger charge is 2.19. The maximum Gasteiger partial charge on any atom is 0.309 e. The van der Waals surface area contributed by atoms with E-state index in [1.54, 1.807) is 29.8 Å². The van der Waals surface area contributed by atoms with Gasteiger partial charge in [-0.3, -0.25) is 25.2 Å². The Balaban J connectivity index is 1.52. The standard InChI is InChI=1S/C25H22N6O3/c1-2-21(32)26-19-13-9-12-18(16-19)24(33)28-29-25(34)22-27-23(17-10-5-3-6-11-17)31(30-22)20-14-7-4-8-15-20/h3-16H,2H2,1H3,(H,26,32)(H,28,33)(H,29,34). The molecule has 0 aliphatic heterocycles. The Morgan fingerprint density at radius 1 is 0.824 bits per heavy atom. The van der Waals surface area contributed by atoms with Gasteiger partial charge in [-0.15, -0.1) is 5.10 Å². The molecule has 0 atom stereocenters. The maximum absolute atomic E-state index is 12.7. The number of amides is 3. The van der Waals surface area contributed by atoms with E-state index in [4.69, 9.17) is 0 Å². The summed E-state index contributed by atoms with van der Waals surface area (Å²) < 4.78 is 1.58. The van der Waals surface area contributed by atoms with Crippen molar-refractivity contribution in [1.82, 2.24) is 25.6 Å². The first-order valence-corrected chi connectivity index (χ1v) is 10.6. The van der Waals surface area contributed by atoms with Crippen LogP contribution in [-0.2, 0) is 4.79 Å². The van der Waals surface area contributed by atoms with Crippen LogP contribution in [0.5, 0.6) is 0 Å². The average Bonchev–Trinajstić information content (AvgIpc) is 3.34. The van der Waals surface area contributed by atoms with Gasteiger partial charge in [0.2, 0.25) is 11.7 Å². The molecule has 0 fully saturated rings. The van der Waals surface area contributed by atoms with Crippen LogP contribution >= 0.6 is 0 Å². The van der Waals surface area contributed by atoms with Crippen molar-refractivity contribution in [1.29, 1.82) is 0 Å². The molecule has 0 aliphatic rings. The van der Waals surface area contributed by atoms with Gasteiger partial charge >= 0.3 is 5.91 Å². The van der Waals surface area contributed by atoms with Gasteiger partial charge in [0.1, 0.15) is 0 Å². The lowest BCUT2D eigenvalue weighted by atomic mass is 10.2. The second-order valence-corrected chi connectivity index (χ2v) is 7.26. The predicted octanol–water partition coefficient (Wildman–Crippen LogP) is 3.36. The number of carbonyl (C=O) groups is 3. The molecule has 9 heteroatoms. The summed E-state index contributed by atoms with van der Waals surface area (Å²) in [6.45, 7) is 1.73. The van der Waals surface area contributed by atoms with Crippen LogP contribution in [0.4, 0.5) is 5.69 Å². The van der Waals surface area contributed by atoms with Gasteiger partial charge < -0.3 is 5.32 Å². The van der Waals surface area contributed by atoms with Crippen LogP contribution in [0, 0.1) is 0 Å². The van der Waals surface area contributed by atoms with Crippen LogP contribution in [0.2, 0.25) is 0 Å². The Morgan fingerprint density at radius 2 is 1.50 bits per heavy atom. The van der Waals surface area contributed by atoms with Crippen molar-refractivity contribution >= 4 is 23.4 Å². The van der Waals surface area contributed by atoms with E-state index in [0.29, 0.717) is 17.9 Å². The Kier molecular flexibility index (Phi) is 6.73. The zero-order valence-corrected chi connectivity index (χ0v) is 18.4. The zero-order chi connectivity index (χ0) is 23.9. The number of hydrazine groups is 1. The van der Waals surface area contributed by atoms with Gasteiger partial charge in [0.25, 0.3) is 5.91 Å². The van der Waals surface area contributed by atoms with Gasteiger partial charge in [-0.1, -0.05) is 61.5 Å². The number of hydrogen-bond acceptors (Lipinski definition) is 5. The van der Waals surface area contributed by atoms with Crippen molar-refractivity contribution in [2.45, 2.75) is 13.3 Å². The lowest BCUT2D eigenvalue weighted by Crippen LogP contribution is -2.42. The number of carbonyl (C=O) groups excluding carboxylic acids is 3. The molecule has 4 aromatic rings. The van der Waals surface area contributed by atoms with Gasteiger partial charge in [0.05, 0.1) is 5.69 Å². The third-order valence-corrected chi connectivity index (χ3v) is 4.86. The van der Waals surface area contributed by atoms with Gasteiger partial charge in [0, 0.05) is 23.2 Å². The number of anilines is 1. The van der Waals surface area contributed by atoms with Gasteiger partial charge in [0.15, 0.2) is 5.82 Å². The summed E-state index contributed by atoms with van der Waals surface area (Å²) in [5.74, 6) is -1.00. The third kappa shape index (κ3) is 5.16. The summed E-state index contributed by atoms with van der Waals surface area (Å²) in [5, 5.41) is 7.05. The molecular weight excluding hydrogens is 432 g/mol. The van der Waals surface area contributed by atoms with Gasteiger partial charge in [-0.05, 0) is 30.3 Å². The first-order valence-electron chi connectivity index (χ1n) is 10.6. The monoisotopic (exact) mass is 454 g/mol. The molecule has 1 aromatic heterocycles. The minimum Gasteiger partial charge on any atom is -0.326 e. The van der Waals surface area contributed by atoms with Crippen molar-refractivity contribution in [3.63, 3.8) is 0 Å². The second-order valence-electron chi connectivity index (χ2n) is 7.26. The normalized spacial score (nSPS) is 10.4. The molecule has 3 aromatic carbocycles. The van der Waals surface area contributed by atoms with Crippen molar-refractivity contribution < 1.29 is 14.4 Å². The fourth-order valence-corrected chi connectivity index (χ4v) is 3.16. The summed E-state index contributed by atoms with van der Waals surface area (Å²) in [7, 11) is 0. The van der Waals surface area contributed by atoms with Crippen LogP contribution in [0.1, 0.15) is 34.3 Å². The van der Waals surface area contributed by atoms with Crippen LogP contribution in [0.25, 0.3) is 17.1 Å². The van der Waals surface area contributed by atoms with E-state index in [2.05, 4.69) is 26.3 Å². The fourth-order valence-electron chi connectivity index (χ4n) is 3.16. The molecule has 34 heavy (non-hydrogen) atoms. The smallest absolute Gasteiger partial charge is 0.309 e. The molecule has 0 aliphatic carbocycles. The van der Waals surface area contributed by atoms with E-state index < -0.39 is 11.8 Å². The molecule has 3 N–H and O–H groups in total. The molecule has 0 bridgehead atoms. The largest absolute Gasteiger partial charge is 0.326 e. The highest BCUT2D eigenvalue weighted by Crippen LogP contribution is 2.21. The van der Waals surface area contributed by atoms with Crippen LogP contribution in [0.15, 0.2) is 84.9 Å². The van der Waals surface area contributed by atoms with Crippen molar-refractivity contribution in [3.05, 3.63) is 96.3 Å². The van der Waals surface area contributed by atoms with E-state index in [-0.39, 0.29) is 17.3 Å². The first kappa shape index (κ1) is 22.4. The average molecular weight is 454 g/mol. The SMILES string of the molecule is CCC(=O)Nc1cccc(C(=O)NNC(=O)c2nc(-c3ccccc3)n(-c3ccccc3)n2)c1. The van der Waals surface area contributed by atoms with E-state index >= 15 is 0 Å². The van der Waals surface area contributed by atoms with E-state index in [1.807, 2.05) is 60.7 Å². The summed E-state index contributed by atoms with van der Waals surface area (Å²) in [5.41, 5.74) is 6.98. The summed E-state index contributed by atoms with van der Waals surface area (Å²) in [6, 6.07) is 25.1. The molecule has 1 heterocycles. The molecule has 4 rings (SSSR count). The lowest BCUT2D eigenvalue weighted by Gasteiger charge is -2.08.